The number of rotatable bonds is 13. The number of nitriles is 1. The third-order valence-corrected chi connectivity index (χ3v) is 8.64. The van der Waals surface area contributed by atoms with Gasteiger partial charge in [-0.15, -0.1) is 0 Å². The van der Waals surface area contributed by atoms with E-state index in [0.29, 0.717) is 5.52 Å². The zero-order valence-corrected chi connectivity index (χ0v) is 28.3. The lowest BCUT2D eigenvalue weighted by Crippen LogP contribution is -2.49. The van der Waals surface area contributed by atoms with Crippen molar-refractivity contribution in [3.8, 4) is 11.8 Å². The van der Waals surface area contributed by atoms with Crippen LogP contribution in [-0.4, -0.2) is 68.6 Å². The van der Waals surface area contributed by atoms with Gasteiger partial charge in [-0.25, -0.2) is 14.1 Å². The zero-order chi connectivity index (χ0) is 35.3. The number of esters is 3. The molecule has 1 aliphatic rings. The fourth-order valence-electron chi connectivity index (χ4n) is 4.76. The second kappa shape index (κ2) is 14.7. The van der Waals surface area contributed by atoms with Gasteiger partial charge in [-0.1, -0.05) is 32.0 Å². The third kappa shape index (κ3) is 8.29. The van der Waals surface area contributed by atoms with Crippen molar-refractivity contribution >= 4 is 37.0 Å². The lowest BCUT2D eigenvalue weighted by molar-refractivity contribution is -0.169. The van der Waals surface area contributed by atoms with Crippen molar-refractivity contribution in [1.29, 1.82) is 5.26 Å². The van der Waals surface area contributed by atoms with E-state index in [1.807, 2.05) is 6.07 Å². The van der Waals surface area contributed by atoms with E-state index in [1.165, 1.54) is 36.8 Å². The number of benzene rings is 1. The van der Waals surface area contributed by atoms with Crippen molar-refractivity contribution < 1.29 is 46.9 Å². The molecule has 2 aromatic heterocycles. The van der Waals surface area contributed by atoms with Crippen LogP contribution in [0.4, 0.5) is 5.82 Å². The molecule has 258 valence electrons. The van der Waals surface area contributed by atoms with Crippen LogP contribution < -0.4 is 15.3 Å². The number of ether oxygens (including phenoxy) is 4. The van der Waals surface area contributed by atoms with Crippen LogP contribution in [0.15, 0.2) is 48.8 Å². The Morgan fingerprint density at radius 1 is 1.12 bits per heavy atom. The minimum atomic E-state index is -4.54. The minimum Gasteiger partial charge on any atom is -0.459 e. The molecule has 0 spiro atoms. The zero-order valence-electron chi connectivity index (χ0n) is 27.4. The lowest BCUT2D eigenvalue weighted by Gasteiger charge is -2.31. The molecular weight excluding hydrogens is 647 g/mol. The summed E-state index contributed by atoms with van der Waals surface area (Å²) in [6.45, 7) is 8.68. The van der Waals surface area contributed by atoms with Crippen LogP contribution >= 0.6 is 7.75 Å². The Kier molecular flexibility index (Phi) is 11.1. The van der Waals surface area contributed by atoms with E-state index in [4.69, 9.17) is 33.7 Å². The Morgan fingerprint density at radius 2 is 1.79 bits per heavy atom. The first-order chi connectivity index (χ1) is 22.6. The highest BCUT2D eigenvalue weighted by atomic mass is 31.2. The van der Waals surface area contributed by atoms with Crippen molar-refractivity contribution in [2.45, 2.75) is 89.9 Å². The Morgan fingerprint density at radius 3 is 2.42 bits per heavy atom. The predicted octanol–water partition coefficient (Wildman–Crippen LogP) is 3.81. The number of carbonyl (C=O) groups excluding carboxylic acids is 3. The van der Waals surface area contributed by atoms with Crippen LogP contribution in [0.1, 0.15) is 66.2 Å². The molecule has 3 aromatic rings. The Bertz CT molecular complexity index is 1720. The summed E-state index contributed by atoms with van der Waals surface area (Å²) in [5.41, 5.74) is 3.62. The number of hydrogen-bond donors (Lipinski definition) is 2. The molecule has 0 radical (unpaired) electrons. The molecule has 1 aliphatic heterocycles. The first-order valence-electron chi connectivity index (χ1n) is 15.2. The molecule has 6 atom stereocenters. The van der Waals surface area contributed by atoms with Gasteiger partial charge in [0.2, 0.25) is 5.60 Å². The van der Waals surface area contributed by atoms with Gasteiger partial charge in [-0.2, -0.15) is 15.4 Å². The average Bonchev–Trinajstić information content (AvgIpc) is 3.60. The van der Waals surface area contributed by atoms with E-state index >= 15 is 0 Å². The quantitative estimate of drug-likeness (QED) is 0.148. The normalized spacial score (nSPS) is 22.6. The van der Waals surface area contributed by atoms with Crippen molar-refractivity contribution in [3.63, 3.8) is 0 Å². The van der Waals surface area contributed by atoms with E-state index in [0.717, 1.165) is 0 Å². The number of para-hydroxylation sites is 1. The second-order valence-corrected chi connectivity index (χ2v) is 13.6. The van der Waals surface area contributed by atoms with Crippen LogP contribution in [0.3, 0.4) is 0 Å². The summed E-state index contributed by atoms with van der Waals surface area (Å²) in [6, 6.07) is 12.0. The monoisotopic (exact) mass is 686 g/mol. The molecule has 16 nitrogen and oxygen atoms in total. The number of nitrogens with two attached hydrogens (primary N) is 1. The number of nitrogens with zero attached hydrogens (tertiary/aromatic N) is 4. The van der Waals surface area contributed by atoms with Gasteiger partial charge in [0.1, 0.15) is 48.0 Å². The van der Waals surface area contributed by atoms with Crippen LogP contribution in [0, 0.1) is 11.3 Å². The van der Waals surface area contributed by atoms with Crippen molar-refractivity contribution in [2.75, 3.05) is 12.3 Å². The number of nitrogen functional groups attached to an aromatic ring is 1. The first-order valence-corrected chi connectivity index (χ1v) is 16.7. The van der Waals surface area contributed by atoms with E-state index < -0.39 is 67.8 Å². The number of nitrogens with one attached hydrogen (secondary N) is 1. The molecule has 3 heterocycles. The SMILES string of the molecule is CCC(=O)O[C@H]1[C@H](c2ccc3c(N)ncnn23)O[C@](C#N)(CO[P@@](=O)(N[C@@H](C)C(=O)OC(C)(C)C)Oc2ccccc2)[C@H]1OC(=O)CC. The highest BCUT2D eigenvalue weighted by Gasteiger charge is 2.62. The minimum absolute atomic E-state index is 0.0513. The molecule has 1 fully saturated rings. The predicted molar refractivity (Wildman–Crippen MR) is 169 cm³/mol. The van der Waals surface area contributed by atoms with Gasteiger partial charge in [0.05, 0.1) is 5.69 Å². The smallest absolute Gasteiger partial charge is 0.459 e. The number of anilines is 1. The molecule has 3 N–H and O–H groups in total. The van der Waals surface area contributed by atoms with Gasteiger partial charge < -0.3 is 29.2 Å². The van der Waals surface area contributed by atoms with Crippen molar-refractivity contribution in [1.82, 2.24) is 19.7 Å². The molecule has 0 aliphatic carbocycles. The van der Waals surface area contributed by atoms with Crippen LogP contribution in [-0.2, 0) is 42.4 Å². The number of carbonyl (C=O) groups is 3. The maximum atomic E-state index is 14.3. The summed E-state index contributed by atoms with van der Waals surface area (Å²) in [5, 5.41) is 17.5. The largest absolute Gasteiger partial charge is 0.459 e. The van der Waals surface area contributed by atoms with Crippen LogP contribution in [0.25, 0.3) is 5.52 Å². The third-order valence-electron chi connectivity index (χ3n) is 7.02. The topological polar surface area (TPSA) is 216 Å². The Balaban J connectivity index is 1.76. The maximum absolute atomic E-state index is 14.3. The summed E-state index contributed by atoms with van der Waals surface area (Å²) < 4.78 is 50.5. The Labute approximate surface area is 277 Å². The summed E-state index contributed by atoms with van der Waals surface area (Å²) in [5.74, 6) is -1.92. The fourth-order valence-corrected chi connectivity index (χ4v) is 6.28. The summed E-state index contributed by atoms with van der Waals surface area (Å²) in [7, 11) is -4.54. The first kappa shape index (κ1) is 36.3. The molecule has 17 heteroatoms. The molecule has 0 amide bonds. The van der Waals surface area contributed by atoms with Gasteiger partial charge in [-0.3, -0.25) is 18.9 Å². The van der Waals surface area contributed by atoms with Gasteiger partial charge >= 0.3 is 25.7 Å². The molecular formula is C31H39N6O10P. The highest BCUT2D eigenvalue weighted by Crippen LogP contribution is 2.50. The average molecular weight is 687 g/mol. The van der Waals surface area contributed by atoms with Crippen LogP contribution in [0.2, 0.25) is 0 Å². The van der Waals surface area contributed by atoms with Crippen molar-refractivity contribution in [3.05, 3.63) is 54.5 Å². The van der Waals surface area contributed by atoms with Crippen LogP contribution in [0.5, 0.6) is 5.75 Å². The molecule has 1 saturated heterocycles. The number of hydrogen-bond acceptors (Lipinski definition) is 14. The molecule has 4 rings (SSSR count). The number of aromatic nitrogens is 3. The highest BCUT2D eigenvalue weighted by molar-refractivity contribution is 7.52. The van der Waals surface area contributed by atoms with Gasteiger partial charge in [0.25, 0.3) is 0 Å². The molecule has 0 saturated carbocycles. The fraction of sp³-hybridized carbons (Fsp3) is 0.484. The standard InChI is InChI=1S/C31H39N6O10P/c1-7-23(38)43-26-25(21-14-15-22-28(33)34-18-35-37(21)22)45-31(16-32,27(26)44-24(39)8-2)17-42-48(41,47-20-12-10-9-11-13-20)36-19(3)29(40)46-30(4,5)6/h9-15,18-19,25-27H,7-8,17H2,1-6H3,(H,36,41)(H2,33,34,35)/t19-,25-,26-,27-,31+,48-/m0/s1. The lowest BCUT2D eigenvalue weighted by atomic mass is 9.95. The molecule has 1 aromatic carbocycles. The van der Waals surface area contributed by atoms with Crippen molar-refractivity contribution in [2.24, 2.45) is 0 Å². The number of fused-ring (bicyclic) bond motifs is 1. The molecule has 48 heavy (non-hydrogen) atoms. The molecule has 0 unspecified atom stereocenters. The van der Waals surface area contributed by atoms with E-state index in [9.17, 15) is 24.2 Å². The Hall–Kier alpha value is -4.55. The summed E-state index contributed by atoms with van der Waals surface area (Å²) >= 11 is 0. The van der Waals surface area contributed by atoms with Gasteiger partial charge in [0, 0.05) is 12.8 Å². The summed E-state index contributed by atoms with van der Waals surface area (Å²) in [6.07, 6.45) is -3.19. The second-order valence-electron chi connectivity index (χ2n) is 11.9. The van der Waals surface area contributed by atoms with E-state index in [1.54, 1.807) is 58.0 Å². The molecule has 0 bridgehead atoms. The van der Waals surface area contributed by atoms with Gasteiger partial charge in [0.15, 0.2) is 18.0 Å². The van der Waals surface area contributed by atoms with E-state index in [2.05, 4.69) is 15.2 Å². The van der Waals surface area contributed by atoms with E-state index in [-0.39, 0.29) is 30.1 Å². The van der Waals surface area contributed by atoms with Gasteiger partial charge in [-0.05, 0) is 52.0 Å². The maximum Gasteiger partial charge on any atom is 0.459 e. The summed E-state index contributed by atoms with van der Waals surface area (Å²) in [4.78, 5) is 42.3.